The van der Waals surface area contributed by atoms with E-state index >= 15 is 0 Å². The standard InChI is InChI=1S/C14H23N3O2/c1-9(2)13-8-12(16-17(13)3)14(19)15-11(6-7-18)10-4-5-10/h8-11,18H,4-7H2,1-3H3,(H,15,19). The van der Waals surface area contributed by atoms with Crippen LogP contribution in [0.5, 0.6) is 0 Å². The number of carbonyl (C=O) groups is 1. The van der Waals surface area contributed by atoms with E-state index in [2.05, 4.69) is 24.3 Å². The highest BCUT2D eigenvalue weighted by molar-refractivity contribution is 5.92. The molecule has 1 heterocycles. The maximum Gasteiger partial charge on any atom is 0.272 e. The number of rotatable bonds is 6. The second-order valence-corrected chi connectivity index (χ2v) is 5.66. The van der Waals surface area contributed by atoms with Gasteiger partial charge in [-0.05, 0) is 37.2 Å². The van der Waals surface area contributed by atoms with Crippen molar-refractivity contribution in [2.24, 2.45) is 13.0 Å². The first kappa shape index (κ1) is 14.1. The molecule has 1 fully saturated rings. The Bertz CT molecular complexity index is 450. The summed E-state index contributed by atoms with van der Waals surface area (Å²) in [6.07, 6.45) is 2.91. The predicted octanol–water partition coefficient (Wildman–Crippen LogP) is 1.43. The van der Waals surface area contributed by atoms with Crippen molar-refractivity contribution in [2.75, 3.05) is 6.61 Å². The molecule has 1 aromatic heterocycles. The Balaban J connectivity index is 2.04. The molecule has 106 valence electrons. The first-order valence-electron chi connectivity index (χ1n) is 6.98. The molecule has 5 heteroatoms. The van der Waals surface area contributed by atoms with Crippen molar-refractivity contribution in [3.05, 3.63) is 17.5 Å². The number of aliphatic hydroxyl groups is 1. The zero-order valence-electron chi connectivity index (χ0n) is 11.9. The summed E-state index contributed by atoms with van der Waals surface area (Å²) in [6.45, 7) is 4.27. The van der Waals surface area contributed by atoms with E-state index < -0.39 is 0 Å². The van der Waals surface area contributed by atoms with Crippen LogP contribution in [-0.4, -0.2) is 33.4 Å². The monoisotopic (exact) mass is 265 g/mol. The van der Waals surface area contributed by atoms with E-state index in [1.165, 1.54) is 0 Å². The van der Waals surface area contributed by atoms with Gasteiger partial charge in [-0.3, -0.25) is 9.48 Å². The van der Waals surface area contributed by atoms with Crippen LogP contribution < -0.4 is 5.32 Å². The lowest BCUT2D eigenvalue weighted by atomic mass is 10.1. The molecule has 5 nitrogen and oxygen atoms in total. The number of nitrogens with zero attached hydrogens (tertiary/aromatic N) is 2. The third kappa shape index (κ3) is 3.35. The molecule has 1 aliphatic rings. The average Bonchev–Trinajstić information content (AvgIpc) is 3.11. The van der Waals surface area contributed by atoms with Gasteiger partial charge in [0.25, 0.3) is 5.91 Å². The van der Waals surface area contributed by atoms with Gasteiger partial charge in [0.1, 0.15) is 5.69 Å². The van der Waals surface area contributed by atoms with Crippen LogP contribution in [0.15, 0.2) is 6.07 Å². The fourth-order valence-electron chi connectivity index (χ4n) is 2.44. The normalized spacial score (nSPS) is 16.7. The summed E-state index contributed by atoms with van der Waals surface area (Å²) >= 11 is 0. The minimum absolute atomic E-state index is 0.0852. The van der Waals surface area contributed by atoms with Crippen molar-refractivity contribution >= 4 is 5.91 Å². The SMILES string of the molecule is CC(C)c1cc(C(=O)NC(CCO)C2CC2)nn1C. The molecule has 0 bridgehead atoms. The predicted molar refractivity (Wildman–Crippen MR) is 73.0 cm³/mol. The highest BCUT2D eigenvalue weighted by Gasteiger charge is 2.32. The number of aromatic nitrogens is 2. The molecule has 0 radical (unpaired) electrons. The van der Waals surface area contributed by atoms with Gasteiger partial charge in [0.15, 0.2) is 0 Å². The third-order valence-corrected chi connectivity index (χ3v) is 3.69. The maximum atomic E-state index is 12.2. The smallest absolute Gasteiger partial charge is 0.272 e. The largest absolute Gasteiger partial charge is 0.396 e. The van der Waals surface area contributed by atoms with Gasteiger partial charge in [0.2, 0.25) is 0 Å². The summed E-state index contributed by atoms with van der Waals surface area (Å²) in [5, 5.41) is 16.3. The lowest BCUT2D eigenvalue weighted by Gasteiger charge is -2.16. The third-order valence-electron chi connectivity index (χ3n) is 3.69. The Kier molecular flexibility index (Phi) is 4.24. The highest BCUT2D eigenvalue weighted by atomic mass is 16.3. The van der Waals surface area contributed by atoms with Gasteiger partial charge in [0, 0.05) is 25.4 Å². The van der Waals surface area contributed by atoms with Crippen LogP contribution in [0, 0.1) is 5.92 Å². The van der Waals surface area contributed by atoms with Crippen LogP contribution in [0.4, 0.5) is 0 Å². The molecule has 2 N–H and O–H groups in total. The van der Waals surface area contributed by atoms with Crippen molar-refractivity contribution in [1.29, 1.82) is 0 Å². The number of amides is 1. The van der Waals surface area contributed by atoms with Gasteiger partial charge >= 0.3 is 0 Å². The van der Waals surface area contributed by atoms with Crippen LogP contribution in [-0.2, 0) is 7.05 Å². The second-order valence-electron chi connectivity index (χ2n) is 5.66. The summed E-state index contributed by atoms with van der Waals surface area (Å²) < 4.78 is 1.76. The van der Waals surface area contributed by atoms with Crippen molar-refractivity contribution in [2.45, 2.75) is 45.1 Å². The summed E-state index contributed by atoms with van der Waals surface area (Å²) in [7, 11) is 1.86. The summed E-state index contributed by atoms with van der Waals surface area (Å²) in [5.74, 6) is 0.743. The van der Waals surface area contributed by atoms with Crippen molar-refractivity contribution < 1.29 is 9.90 Å². The zero-order chi connectivity index (χ0) is 14.0. The van der Waals surface area contributed by atoms with Crippen LogP contribution in [0.2, 0.25) is 0 Å². The van der Waals surface area contributed by atoms with Crippen molar-refractivity contribution in [3.8, 4) is 0 Å². The molecule has 1 aliphatic carbocycles. The van der Waals surface area contributed by atoms with Gasteiger partial charge in [-0.1, -0.05) is 13.8 Å². The lowest BCUT2D eigenvalue weighted by molar-refractivity contribution is 0.0918. The number of aryl methyl sites for hydroxylation is 1. The van der Waals surface area contributed by atoms with Gasteiger partial charge in [-0.2, -0.15) is 5.10 Å². The summed E-state index contributed by atoms with van der Waals surface area (Å²) in [6, 6.07) is 1.94. The van der Waals surface area contributed by atoms with E-state index in [-0.39, 0.29) is 18.6 Å². The Hall–Kier alpha value is -1.36. The number of nitrogens with one attached hydrogen (secondary N) is 1. The first-order valence-corrected chi connectivity index (χ1v) is 6.98. The number of hydrogen-bond donors (Lipinski definition) is 2. The zero-order valence-corrected chi connectivity index (χ0v) is 11.9. The summed E-state index contributed by atoms with van der Waals surface area (Å²) in [4.78, 5) is 12.2. The topological polar surface area (TPSA) is 67.2 Å². The average molecular weight is 265 g/mol. The van der Waals surface area contributed by atoms with Gasteiger partial charge in [-0.25, -0.2) is 0 Å². The Morgan fingerprint density at radius 2 is 2.26 bits per heavy atom. The van der Waals surface area contributed by atoms with Gasteiger partial charge in [-0.15, -0.1) is 0 Å². The lowest BCUT2D eigenvalue weighted by Crippen LogP contribution is -2.37. The minimum Gasteiger partial charge on any atom is -0.396 e. The molecule has 1 amide bonds. The minimum atomic E-state index is -0.132. The molecule has 19 heavy (non-hydrogen) atoms. The van der Waals surface area contributed by atoms with Gasteiger partial charge < -0.3 is 10.4 Å². The molecule has 2 rings (SSSR count). The molecule has 1 aromatic rings. The Morgan fingerprint density at radius 1 is 1.58 bits per heavy atom. The van der Waals surface area contributed by atoms with E-state index in [9.17, 15) is 4.79 Å². The molecular formula is C14H23N3O2. The molecular weight excluding hydrogens is 242 g/mol. The van der Waals surface area contributed by atoms with Crippen molar-refractivity contribution in [3.63, 3.8) is 0 Å². The van der Waals surface area contributed by atoms with E-state index in [1.807, 2.05) is 13.1 Å². The summed E-state index contributed by atoms with van der Waals surface area (Å²) in [5.41, 5.74) is 1.52. The fourth-order valence-corrected chi connectivity index (χ4v) is 2.44. The van der Waals surface area contributed by atoms with E-state index in [0.717, 1.165) is 18.5 Å². The van der Waals surface area contributed by atoms with Crippen molar-refractivity contribution in [1.82, 2.24) is 15.1 Å². The number of hydrogen-bond acceptors (Lipinski definition) is 3. The van der Waals surface area contributed by atoms with Crippen LogP contribution >= 0.6 is 0 Å². The van der Waals surface area contributed by atoms with Crippen LogP contribution in [0.3, 0.4) is 0 Å². The Labute approximate surface area is 114 Å². The molecule has 1 saturated carbocycles. The van der Waals surface area contributed by atoms with E-state index in [1.54, 1.807) is 4.68 Å². The molecule has 1 atom stereocenters. The van der Waals surface area contributed by atoms with E-state index in [0.29, 0.717) is 24.0 Å². The number of carbonyl (C=O) groups excluding carboxylic acids is 1. The molecule has 0 saturated heterocycles. The van der Waals surface area contributed by atoms with Crippen LogP contribution in [0.25, 0.3) is 0 Å². The first-order chi connectivity index (χ1) is 9.02. The van der Waals surface area contributed by atoms with Crippen LogP contribution in [0.1, 0.15) is 55.2 Å². The Morgan fingerprint density at radius 3 is 2.74 bits per heavy atom. The van der Waals surface area contributed by atoms with Gasteiger partial charge in [0.05, 0.1) is 0 Å². The molecule has 1 unspecified atom stereocenters. The second kappa shape index (κ2) is 5.74. The molecule has 0 aromatic carbocycles. The maximum absolute atomic E-state index is 12.2. The quantitative estimate of drug-likeness (QED) is 0.817. The highest BCUT2D eigenvalue weighted by Crippen LogP contribution is 2.34. The van der Waals surface area contributed by atoms with E-state index in [4.69, 9.17) is 5.11 Å². The fraction of sp³-hybridized carbons (Fsp3) is 0.714. The molecule has 0 spiro atoms. The number of aliphatic hydroxyl groups excluding tert-OH is 1. The molecule has 0 aliphatic heterocycles.